The van der Waals surface area contributed by atoms with E-state index in [1.807, 2.05) is 0 Å². The van der Waals surface area contributed by atoms with E-state index in [2.05, 4.69) is 48.8 Å². The molecule has 2 N–H and O–H groups in total. The van der Waals surface area contributed by atoms with Crippen molar-refractivity contribution >= 4 is 29.0 Å². The molecule has 5 heteroatoms. The third-order valence-electron chi connectivity index (χ3n) is 6.97. The van der Waals surface area contributed by atoms with E-state index in [-0.39, 0.29) is 17.6 Å². The van der Waals surface area contributed by atoms with E-state index in [4.69, 9.17) is 0 Å². The number of carbonyl (C=O) groups is 3. The van der Waals surface area contributed by atoms with Gasteiger partial charge < -0.3 is 10.6 Å². The smallest absolute Gasteiger partial charge is 0.224 e. The predicted octanol–water partition coefficient (Wildman–Crippen LogP) is 9.80. The van der Waals surface area contributed by atoms with Crippen LogP contribution in [-0.4, -0.2) is 17.6 Å². The van der Waals surface area contributed by atoms with Gasteiger partial charge in [0.25, 0.3) is 0 Å². The van der Waals surface area contributed by atoms with Crippen LogP contribution in [0.2, 0.25) is 0 Å². The molecule has 0 aliphatic carbocycles. The Kier molecular flexibility index (Phi) is 17.5. The summed E-state index contributed by atoms with van der Waals surface area (Å²) < 4.78 is 0. The maximum atomic E-state index is 12.9. The Morgan fingerprint density at radius 1 is 0.537 bits per heavy atom. The molecule has 0 saturated carbocycles. The van der Waals surface area contributed by atoms with Crippen LogP contribution in [0.25, 0.3) is 0 Å². The van der Waals surface area contributed by atoms with Crippen molar-refractivity contribution in [2.45, 2.75) is 110 Å². The third kappa shape index (κ3) is 15.2. The Bertz CT molecular complexity index is 1080. The molecule has 41 heavy (non-hydrogen) atoms. The summed E-state index contributed by atoms with van der Waals surface area (Å²) in [6.07, 6.45) is 24.3. The van der Waals surface area contributed by atoms with Crippen molar-refractivity contribution in [1.82, 2.24) is 0 Å². The molecule has 0 aliphatic heterocycles. The monoisotopic (exact) mass is 558 g/mol. The van der Waals surface area contributed by atoms with Gasteiger partial charge in [0, 0.05) is 35.3 Å². The highest BCUT2D eigenvalue weighted by molar-refractivity contribution is 6.09. The van der Waals surface area contributed by atoms with E-state index in [9.17, 15) is 14.4 Å². The average molecular weight is 559 g/mol. The molecule has 0 saturated heterocycles. The van der Waals surface area contributed by atoms with Gasteiger partial charge in [-0.05, 0) is 87.1 Å². The highest BCUT2D eigenvalue weighted by Gasteiger charge is 2.10. The Morgan fingerprint density at radius 3 is 1.46 bits per heavy atom. The molecule has 222 valence electrons. The first-order valence-electron chi connectivity index (χ1n) is 15.7. The standard InChI is InChI=1S/C36H50N2O3/c1-3-5-7-9-10-11-12-13-14-15-16-17-19-21-35(40)38-33-28-24-31(25-29-33)36(41)30-22-26-32(27-23-30)37-34(39)20-18-8-6-4-2/h9-10,12-13,22-29H,3-8,11,14-21H2,1-2H3,(H,37,39)(H,38,40)/b10-9+,13-12+. The zero-order valence-corrected chi connectivity index (χ0v) is 25.3. The van der Waals surface area contributed by atoms with Crippen LogP contribution in [0, 0.1) is 0 Å². The second-order valence-electron chi connectivity index (χ2n) is 10.7. The van der Waals surface area contributed by atoms with Crippen molar-refractivity contribution in [2.24, 2.45) is 0 Å². The first kappa shape index (κ1) is 33.7. The van der Waals surface area contributed by atoms with Crippen molar-refractivity contribution in [3.05, 3.63) is 84.0 Å². The molecule has 0 atom stereocenters. The summed E-state index contributed by atoms with van der Waals surface area (Å²) in [5.74, 6) is -0.0946. The van der Waals surface area contributed by atoms with Crippen LogP contribution in [0.4, 0.5) is 11.4 Å². The van der Waals surface area contributed by atoms with E-state index < -0.39 is 0 Å². The number of benzene rings is 2. The minimum absolute atomic E-state index is 0.00170. The quantitative estimate of drug-likeness (QED) is 0.0909. The van der Waals surface area contributed by atoms with Crippen LogP contribution in [-0.2, 0) is 9.59 Å². The first-order valence-corrected chi connectivity index (χ1v) is 15.7. The fourth-order valence-corrected chi connectivity index (χ4v) is 4.47. The van der Waals surface area contributed by atoms with Crippen molar-refractivity contribution < 1.29 is 14.4 Å². The summed E-state index contributed by atoms with van der Waals surface area (Å²) >= 11 is 0. The lowest BCUT2D eigenvalue weighted by atomic mass is 10.0. The molecule has 2 aromatic carbocycles. The van der Waals surface area contributed by atoms with Gasteiger partial charge in [-0.25, -0.2) is 0 Å². The van der Waals surface area contributed by atoms with Crippen LogP contribution < -0.4 is 10.6 Å². The molecular weight excluding hydrogens is 508 g/mol. The molecule has 2 aromatic rings. The largest absolute Gasteiger partial charge is 0.326 e. The Hall–Kier alpha value is -3.47. The highest BCUT2D eigenvalue weighted by Crippen LogP contribution is 2.17. The highest BCUT2D eigenvalue weighted by atomic mass is 16.2. The van der Waals surface area contributed by atoms with Crippen LogP contribution in [0.1, 0.15) is 126 Å². The summed E-state index contributed by atoms with van der Waals surface area (Å²) in [7, 11) is 0. The zero-order valence-electron chi connectivity index (χ0n) is 25.3. The van der Waals surface area contributed by atoms with Crippen LogP contribution in [0.15, 0.2) is 72.8 Å². The second kappa shape index (κ2) is 21.3. The SMILES string of the molecule is CCCC/C=C/C/C=C/CCCCCCC(=O)Nc1ccc(C(=O)c2ccc(NC(=O)CCCCCC)cc2)cc1. The maximum Gasteiger partial charge on any atom is 0.224 e. The predicted molar refractivity (Wildman–Crippen MR) is 172 cm³/mol. The molecule has 5 nitrogen and oxygen atoms in total. The van der Waals surface area contributed by atoms with E-state index in [1.54, 1.807) is 48.5 Å². The normalized spacial score (nSPS) is 11.3. The molecule has 0 radical (unpaired) electrons. The minimum atomic E-state index is -0.0985. The minimum Gasteiger partial charge on any atom is -0.326 e. The number of hydrogen-bond acceptors (Lipinski definition) is 3. The number of allylic oxidation sites excluding steroid dienone is 4. The van der Waals surface area contributed by atoms with E-state index >= 15 is 0 Å². The van der Waals surface area contributed by atoms with Gasteiger partial charge in [0.05, 0.1) is 0 Å². The summed E-state index contributed by atoms with van der Waals surface area (Å²) in [5.41, 5.74) is 2.49. The topological polar surface area (TPSA) is 75.3 Å². The fraction of sp³-hybridized carbons (Fsp3) is 0.472. The molecule has 0 fully saturated rings. The summed E-state index contributed by atoms with van der Waals surface area (Å²) in [6, 6.07) is 14.0. The number of anilines is 2. The molecule has 0 unspecified atom stereocenters. The molecule has 0 aromatic heterocycles. The summed E-state index contributed by atoms with van der Waals surface area (Å²) in [4.78, 5) is 37.3. The van der Waals surface area contributed by atoms with Gasteiger partial charge in [-0.2, -0.15) is 0 Å². The molecule has 0 bridgehead atoms. The summed E-state index contributed by atoms with van der Waals surface area (Å²) in [6.45, 7) is 4.36. The van der Waals surface area contributed by atoms with Gasteiger partial charge in [-0.1, -0.05) is 83.1 Å². The fourth-order valence-electron chi connectivity index (χ4n) is 4.47. The Morgan fingerprint density at radius 2 is 0.976 bits per heavy atom. The van der Waals surface area contributed by atoms with Gasteiger partial charge >= 0.3 is 0 Å². The maximum absolute atomic E-state index is 12.9. The van der Waals surface area contributed by atoms with Gasteiger partial charge in [-0.15, -0.1) is 0 Å². The number of amides is 2. The number of nitrogens with one attached hydrogen (secondary N) is 2. The number of unbranched alkanes of at least 4 members (excludes halogenated alkanes) is 9. The number of ketones is 1. The molecule has 2 amide bonds. The molecule has 2 rings (SSSR count). The van der Waals surface area contributed by atoms with E-state index in [0.717, 1.165) is 64.2 Å². The van der Waals surface area contributed by atoms with E-state index in [1.165, 1.54) is 19.3 Å². The van der Waals surface area contributed by atoms with Gasteiger partial charge in [0.2, 0.25) is 11.8 Å². The lowest BCUT2D eigenvalue weighted by molar-refractivity contribution is -0.117. The van der Waals surface area contributed by atoms with Crippen LogP contribution in [0.3, 0.4) is 0 Å². The van der Waals surface area contributed by atoms with E-state index in [0.29, 0.717) is 35.3 Å². The van der Waals surface area contributed by atoms with Crippen molar-refractivity contribution in [3.8, 4) is 0 Å². The second-order valence-corrected chi connectivity index (χ2v) is 10.7. The lowest BCUT2D eigenvalue weighted by Gasteiger charge is -2.08. The molecule has 0 aliphatic rings. The molecule has 0 heterocycles. The Labute approximate surface area is 247 Å². The van der Waals surface area contributed by atoms with Crippen LogP contribution >= 0.6 is 0 Å². The van der Waals surface area contributed by atoms with Crippen LogP contribution in [0.5, 0.6) is 0 Å². The Balaban J connectivity index is 1.64. The van der Waals surface area contributed by atoms with Gasteiger partial charge in [0.15, 0.2) is 5.78 Å². The first-order chi connectivity index (χ1) is 20.0. The van der Waals surface area contributed by atoms with Gasteiger partial charge in [-0.3, -0.25) is 14.4 Å². The molecule has 0 spiro atoms. The number of carbonyl (C=O) groups excluding carboxylic acids is 3. The molecular formula is C36H50N2O3. The summed E-state index contributed by atoms with van der Waals surface area (Å²) in [5, 5.41) is 5.83. The zero-order chi connectivity index (χ0) is 29.5. The van der Waals surface area contributed by atoms with Gasteiger partial charge in [0.1, 0.15) is 0 Å². The van der Waals surface area contributed by atoms with Crippen molar-refractivity contribution in [2.75, 3.05) is 10.6 Å². The van der Waals surface area contributed by atoms with Crippen molar-refractivity contribution in [3.63, 3.8) is 0 Å². The van der Waals surface area contributed by atoms with Crippen molar-refractivity contribution in [1.29, 1.82) is 0 Å². The third-order valence-corrected chi connectivity index (χ3v) is 6.97. The number of hydrogen-bond donors (Lipinski definition) is 2. The lowest BCUT2D eigenvalue weighted by Crippen LogP contribution is -2.11. The number of rotatable bonds is 21. The average Bonchev–Trinajstić information content (AvgIpc) is 2.98.